The Balaban J connectivity index is 2.06. The minimum Gasteiger partial charge on any atom is -0.368 e. The summed E-state index contributed by atoms with van der Waals surface area (Å²) in [4.78, 5) is 24.2. The van der Waals surface area contributed by atoms with Gasteiger partial charge in [-0.3, -0.25) is 9.59 Å². The molecule has 1 aliphatic carbocycles. The lowest BCUT2D eigenvalue weighted by atomic mass is 9.99. The van der Waals surface area contributed by atoms with E-state index in [4.69, 9.17) is 5.73 Å². The number of rotatable bonds is 3. The minimum absolute atomic E-state index is 0.0958. The van der Waals surface area contributed by atoms with Crippen LogP contribution in [0.4, 0.5) is 0 Å². The Morgan fingerprint density at radius 2 is 2.12 bits per heavy atom. The van der Waals surface area contributed by atoms with Gasteiger partial charge >= 0.3 is 0 Å². The van der Waals surface area contributed by atoms with Gasteiger partial charge in [0.05, 0.1) is 11.4 Å². The molecule has 2 amide bonds. The molecule has 86 valence electrons. The summed E-state index contributed by atoms with van der Waals surface area (Å²) in [6, 6.07) is 1.94. The number of nitrogens with two attached hydrogens (primary N) is 1. The Bertz CT molecular complexity index is 402. The molecule has 0 radical (unpaired) electrons. The standard InChI is InChI=1S/C11H14N2O2S/c12-10(14)6-13-11(15)9-5-7-3-1-2-4-8(7)16-9/h5H,1-4,6H2,(H2,12,14)(H,13,15). The highest BCUT2D eigenvalue weighted by Gasteiger charge is 2.17. The molecule has 4 nitrogen and oxygen atoms in total. The van der Waals surface area contributed by atoms with E-state index in [1.165, 1.54) is 34.6 Å². The van der Waals surface area contributed by atoms with Crippen molar-refractivity contribution in [1.82, 2.24) is 5.32 Å². The Labute approximate surface area is 97.8 Å². The van der Waals surface area contributed by atoms with E-state index in [0.29, 0.717) is 4.88 Å². The molecule has 0 aromatic carbocycles. The van der Waals surface area contributed by atoms with E-state index >= 15 is 0 Å². The van der Waals surface area contributed by atoms with E-state index < -0.39 is 5.91 Å². The number of thiophene rings is 1. The smallest absolute Gasteiger partial charge is 0.261 e. The number of fused-ring (bicyclic) bond motifs is 1. The fraction of sp³-hybridized carbons (Fsp3) is 0.455. The Morgan fingerprint density at radius 1 is 1.38 bits per heavy atom. The van der Waals surface area contributed by atoms with Gasteiger partial charge in [-0.25, -0.2) is 0 Å². The van der Waals surface area contributed by atoms with Crippen LogP contribution in [-0.2, 0) is 17.6 Å². The second-order valence-electron chi connectivity index (χ2n) is 3.92. The van der Waals surface area contributed by atoms with Crippen LogP contribution in [0.1, 0.15) is 33.0 Å². The predicted octanol–water partition coefficient (Wildman–Crippen LogP) is 0.842. The molecule has 5 heteroatoms. The summed E-state index contributed by atoms with van der Waals surface area (Å²) in [7, 11) is 0. The number of aryl methyl sites for hydroxylation is 2. The average Bonchev–Trinajstić information content (AvgIpc) is 2.69. The van der Waals surface area contributed by atoms with Gasteiger partial charge in [-0.15, -0.1) is 11.3 Å². The van der Waals surface area contributed by atoms with Crippen LogP contribution in [0.3, 0.4) is 0 Å². The van der Waals surface area contributed by atoms with Crippen molar-refractivity contribution >= 4 is 23.2 Å². The van der Waals surface area contributed by atoms with Crippen molar-refractivity contribution in [2.24, 2.45) is 5.73 Å². The van der Waals surface area contributed by atoms with Gasteiger partial charge in [0.2, 0.25) is 5.91 Å². The van der Waals surface area contributed by atoms with E-state index in [9.17, 15) is 9.59 Å². The van der Waals surface area contributed by atoms with E-state index in [-0.39, 0.29) is 12.5 Å². The topological polar surface area (TPSA) is 72.2 Å². The molecule has 1 aromatic rings. The number of nitrogens with one attached hydrogen (secondary N) is 1. The monoisotopic (exact) mass is 238 g/mol. The molecule has 0 unspecified atom stereocenters. The molecule has 0 saturated carbocycles. The fourth-order valence-corrected chi connectivity index (χ4v) is 3.03. The molecular weight excluding hydrogens is 224 g/mol. The molecule has 0 atom stereocenters. The van der Waals surface area contributed by atoms with Gasteiger partial charge in [-0.2, -0.15) is 0 Å². The number of carbonyl (C=O) groups is 2. The number of primary amides is 1. The van der Waals surface area contributed by atoms with Crippen LogP contribution in [0.25, 0.3) is 0 Å². The Kier molecular flexibility index (Phi) is 3.24. The van der Waals surface area contributed by atoms with Gasteiger partial charge < -0.3 is 11.1 Å². The van der Waals surface area contributed by atoms with Crippen molar-refractivity contribution in [3.63, 3.8) is 0 Å². The molecule has 0 bridgehead atoms. The van der Waals surface area contributed by atoms with E-state index in [0.717, 1.165) is 12.8 Å². The summed E-state index contributed by atoms with van der Waals surface area (Å²) in [6.45, 7) is -0.0958. The maximum Gasteiger partial charge on any atom is 0.261 e. The maximum absolute atomic E-state index is 11.7. The van der Waals surface area contributed by atoms with Crippen molar-refractivity contribution in [3.8, 4) is 0 Å². The van der Waals surface area contributed by atoms with E-state index in [1.54, 1.807) is 0 Å². The molecule has 0 saturated heterocycles. The zero-order valence-corrected chi connectivity index (χ0v) is 9.73. The van der Waals surface area contributed by atoms with Crippen LogP contribution < -0.4 is 11.1 Å². The predicted molar refractivity (Wildman–Crippen MR) is 62.5 cm³/mol. The average molecular weight is 238 g/mol. The quantitative estimate of drug-likeness (QED) is 0.819. The summed E-state index contributed by atoms with van der Waals surface area (Å²) < 4.78 is 0. The summed E-state index contributed by atoms with van der Waals surface area (Å²) in [5.41, 5.74) is 6.26. The fourth-order valence-electron chi connectivity index (χ4n) is 1.86. The van der Waals surface area contributed by atoms with Crippen LogP contribution in [-0.4, -0.2) is 18.4 Å². The number of hydrogen-bond donors (Lipinski definition) is 2. The number of amides is 2. The van der Waals surface area contributed by atoms with Gasteiger partial charge in [0, 0.05) is 4.88 Å². The molecule has 3 N–H and O–H groups in total. The third-order valence-electron chi connectivity index (χ3n) is 2.64. The molecule has 16 heavy (non-hydrogen) atoms. The first kappa shape index (κ1) is 11.1. The lowest BCUT2D eigenvalue weighted by Gasteiger charge is -2.08. The van der Waals surface area contributed by atoms with E-state index in [1.807, 2.05) is 6.07 Å². The number of hydrogen-bond acceptors (Lipinski definition) is 3. The first-order valence-electron chi connectivity index (χ1n) is 5.35. The molecule has 1 aliphatic rings. The lowest BCUT2D eigenvalue weighted by Crippen LogP contribution is -2.32. The summed E-state index contributed by atoms with van der Waals surface area (Å²) >= 11 is 1.53. The molecule has 0 aliphatic heterocycles. The first-order chi connectivity index (χ1) is 7.66. The van der Waals surface area contributed by atoms with Gasteiger partial charge in [0.15, 0.2) is 0 Å². The van der Waals surface area contributed by atoms with Gasteiger partial charge in [0.1, 0.15) is 0 Å². The van der Waals surface area contributed by atoms with Gasteiger partial charge in [-0.05, 0) is 37.3 Å². The highest BCUT2D eigenvalue weighted by molar-refractivity contribution is 7.14. The van der Waals surface area contributed by atoms with Crippen LogP contribution in [0, 0.1) is 0 Å². The van der Waals surface area contributed by atoms with Crippen molar-refractivity contribution < 1.29 is 9.59 Å². The van der Waals surface area contributed by atoms with Crippen molar-refractivity contribution in [2.45, 2.75) is 25.7 Å². The zero-order valence-electron chi connectivity index (χ0n) is 8.91. The van der Waals surface area contributed by atoms with Crippen LogP contribution >= 0.6 is 11.3 Å². The van der Waals surface area contributed by atoms with Crippen LogP contribution in [0.2, 0.25) is 0 Å². The largest absolute Gasteiger partial charge is 0.368 e. The normalized spacial score (nSPS) is 14.2. The van der Waals surface area contributed by atoms with E-state index in [2.05, 4.69) is 5.32 Å². The Morgan fingerprint density at radius 3 is 2.81 bits per heavy atom. The molecule has 0 fully saturated rings. The molecule has 2 rings (SSSR count). The second kappa shape index (κ2) is 4.65. The summed E-state index contributed by atoms with van der Waals surface area (Å²) in [5, 5.41) is 2.50. The highest BCUT2D eigenvalue weighted by Crippen LogP contribution is 2.29. The zero-order chi connectivity index (χ0) is 11.5. The van der Waals surface area contributed by atoms with Crippen LogP contribution in [0.5, 0.6) is 0 Å². The van der Waals surface area contributed by atoms with Gasteiger partial charge in [0.25, 0.3) is 5.91 Å². The summed E-state index contributed by atoms with van der Waals surface area (Å²) in [6.07, 6.45) is 4.54. The summed E-state index contributed by atoms with van der Waals surface area (Å²) in [5.74, 6) is -0.715. The minimum atomic E-state index is -0.519. The van der Waals surface area contributed by atoms with Gasteiger partial charge in [-0.1, -0.05) is 0 Å². The van der Waals surface area contributed by atoms with Crippen molar-refractivity contribution in [2.75, 3.05) is 6.54 Å². The highest BCUT2D eigenvalue weighted by atomic mass is 32.1. The Hall–Kier alpha value is -1.36. The van der Waals surface area contributed by atoms with Crippen molar-refractivity contribution in [3.05, 3.63) is 21.4 Å². The SMILES string of the molecule is NC(=O)CNC(=O)c1cc2c(s1)CCCC2. The number of carbonyl (C=O) groups excluding carboxylic acids is 2. The van der Waals surface area contributed by atoms with Crippen LogP contribution in [0.15, 0.2) is 6.07 Å². The maximum atomic E-state index is 11.7. The second-order valence-corrected chi connectivity index (χ2v) is 5.05. The molecular formula is C11H14N2O2S. The molecule has 0 spiro atoms. The molecule has 1 aromatic heterocycles. The first-order valence-corrected chi connectivity index (χ1v) is 6.16. The third kappa shape index (κ3) is 2.41. The third-order valence-corrected chi connectivity index (χ3v) is 3.88. The lowest BCUT2D eigenvalue weighted by molar-refractivity contribution is -0.117. The van der Waals surface area contributed by atoms with Crippen molar-refractivity contribution in [1.29, 1.82) is 0 Å². The molecule has 1 heterocycles.